The number of ketones is 1. The van der Waals surface area contributed by atoms with Crippen LogP contribution < -0.4 is 11.1 Å². The van der Waals surface area contributed by atoms with Gasteiger partial charge in [0.15, 0.2) is 5.78 Å². The predicted octanol–water partition coefficient (Wildman–Crippen LogP) is 5.52. The van der Waals surface area contributed by atoms with Gasteiger partial charge in [0.25, 0.3) is 0 Å². The first-order valence-corrected chi connectivity index (χ1v) is 11.6. The zero-order chi connectivity index (χ0) is 25.0. The van der Waals surface area contributed by atoms with Crippen molar-refractivity contribution in [3.05, 3.63) is 96.3 Å². The van der Waals surface area contributed by atoms with E-state index in [0.29, 0.717) is 12.1 Å². The molecule has 178 valence electrons. The molecule has 1 aromatic heterocycles. The molecule has 0 aliphatic carbocycles. The summed E-state index contributed by atoms with van der Waals surface area (Å²) >= 11 is 0. The second-order valence-corrected chi connectivity index (χ2v) is 9.29. The third-order valence-electron chi connectivity index (χ3n) is 6.22. The van der Waals surface area contributed by atoms with Crippen LogP contribution in [0.2, 0.25) is 0 Å². The van der Waals surface area contributed by atoms with Crippen molar-refractivity contribution in [3.63, 3.8) is 0 Å². The summed E-state index contributed by atoms with van der Waals surface area (Å²) in [5.74, 6) is -1.27. The largest absolute Gasteiger partial charge is 0.480 e. The van der Waals surface area contributed by atoms with Crippen molar-refractivity contribution in [2.24, 2.45) is 11.1 Å². The van der Waals surface area contributed by atoms with E-state index in [-0.39, 0.29) is 12.2 Å². The van der Waals surface area contributed by atoms with Gasteiger partial charge in [0, 0.05) is 28.4 Å². The van der Waals surface area contributed by atoms with Gasteiger partial charge in [0.1, 0.15) is 6.04 Å². The minimum atomic E-state index is -1.12. The Bertz CT molecular complexity index is 1360. The number of carboxylic acid groups (broad SMARTS) is 1. The molecule has 0 amide bonds. The smallest absolute Gasteiger partial charge is 0.320 e. The molecule has 0 spiro atoms. The van der Waals surface area contributed by atoms with E-state index in [2.05, 4.69) is 10.3 Å². The molecule has 0 aliphatic heterocycles. The van der Waals surface area contributed by atoms with Gasteiger partial charge in [0.2, 0.25) is 0 Å². The summed E-state index contributed by atoms with van der Waals surface area (Å²) in [5, 5.41) is 14.9. The minimum absolute atomic E-state index is 0.0295. The van der Waals surface area contributed by atoms with E-state index in [1.54, 1.807) is 26.1 Å². The molecule has 1 heterocycles. The Kier molecular flexibility index (Phi) is 6.94. The zero-order valence-corrected chi connectivity index (χ0v) is 19.9. The summed E-state index contributed by atoms with van der Waals surface area (Å²) < 4.78 is 0. The molecule has 6 nitrogen and oxygen atoms in total. The summed E-state index contributed by atoms with van der Waals surface area (Å²) in [7, 11) is 0. The van der Waals surface area contributed by atoms with Crippen LogP contribution in [0.25, 0.3) is 21.9 Å². The summed E-state index contributed by atoms with van der Waals surface area (Å²) in [5.41, 5.74) is 8.74. The van der Waals surface area contributed by atoms with Gasteiger partial charge in [-0.1, -0.05) is 74.5 Å². The molecule has 0 fully saturated rings. The molecule has 0 saturated heterocycles. The standard InChI is InChI=1S/C29H29N3O3/c1-29(2,17-24(30)28(34)35)27(33)23-14-8-15-25(32-18-20-11-5-6-16-31-20)26(23)22-13-7-10-19-9-3-4-12-21(19)22/h3-16,24,32H,17-18,30H2,1-2H3,(H,34,35)/t24-/m0/s1. The highest BCUT2D eigenvalue weighted by molar-refractivity contribution is 6.11. The van der Waals surface area contributed by atoms with E-state index in [1.165, 1.54) is 0 Å². The fourth-order valence-electron chi connectivity index (χ4n) is 4.41. The Morgan fingerprint density at radius 1 is 0.971 bits per heavy atom. The van der Waals surface area contributed by atoms with Gasteiger partial charge < -0.3 is 16.2 Å². The number of carbonyl (C=O) groups excluding carboxylic acids is 1. The Labute approximate surface area is 204 Å². The topological polar surface area (TPSA) is 105 Å². The second-order valence-electron chi connectivity index (χ2n) is 9.29. The number of carboxylic acids is 1. The third kappa shape index (κ3) is 5.23. The average Bonchev–Trinajstić information content (AvgIpc) is 2.86. The first-order valence-electron chi connectivity index (χ1n) is 11.6. The maximum absolute atomic E-state index is 13.9. The van der Waals surface area contributed by atoms with Gasteiger partial charge in [-0.25, -0.2) is 0 Å². The summed E-state index contributed by atoms with van der Waals surface area (Å²) in [6.45, 7) is 3.99. The van der Waals surface area contributed by atoms with Crippen molar-refractivity contribution in [3.8, 4) is 11.1 Å². The molecule has 3 aromatic carbocycles. The monoisotopic (exact) mass is 467 g/mol. The van der Waals surface area contributed by atoms with E-state index in [4.69, 9.17) is 5.73 Å². The quantitative estimate of drug-likeness (QED) is 0.280. The SMILES string of the molecule is CC(C)(C[C@H](N)C(=O)O)C(=O)c1cccc(NCc2ccccn2)c1-c1cccc2ccccc12. The molecule has 35 heavy (non-hydrogen) atoms. The fraction of sp³-hybridized carbons (Fsp3) is 0.207. The number of pyridine rings is 1. The van der Waals surface area contributed by atoms with Gasteiger partial charge in [-0.05, 0) is 41.0 Å². The number of hydrogen-bond acceptors (Lipinski definition) is 5. The van der Waals surface area contributed by atoms with Crippen LogP contribution in [-0.4, -0.2) is 27.9 Å². The van der Waals surface area contributed by atoms with Crippen LogP contribution in [-0.2, 0) is 11.3 Å². The van der Waals surface area contributed by atoms with E-state index >= 15 is 0 Å². The lowest BCUT2D eigenvalue weighted by molar-refractivity contribution is -0.139. The number of rotatable bonds is 9. The lowest BCUT2D eigenvalue weighted by Gasteiger charge is -2.27. The first kappa shape index (κ1) is 24.1. The van der Waals surface area contributed by atoms with Crippen molar-refractivity contribution < 1.29 is 14.7 Å². The highest BCUT2D eigenvalue weighted by Crippen LogP contribution is 2.40. The van der Waals surface area contributed by atoms with Crippen LogP contribution >= 0.6 is 0 Å². The summed E-state index contributed by atoms with van der Waals surface area (Å²) in [6.07, 6.45) is 1.78. The predicted molar refractivity (Wildman–Crippen MR) is 139 cm³/mol. The van der Waals surface area contributed by atoms with Crippen molar-refractivity contribution in [2.75, 3.05) is 5.32 Å². The number of hydrogen-bond donors (Lipinski definition) is 3. The fourth-order valence-corrected chi connectivity index (χ4v) is 4.41. The maximum atomic E-state index is 13.9. The van der Waals surface area contributed by atoms with Crippen molar-refractivity contribution >= 4 is 28.2 Å². The molecule has 0 aliphatic rings. The van der Waals surface area contributed by atoms with Gasteiger partial charge in [0.05, 0.1) is 12.2 Å². The second kappa shape index (κ2) is 10.1. The lowest BCUT2D eigenvalue weighted by Crippen LogP contribution is -2.38. The number of aromatic nitrogens is 1. The van der Waals surface area contributed by atoms with Crippen LogP contribution in [0, 0.1) is 5.41 Å². The molecule has 1 atom stereocenters. The molecule has 4 aromatic rings. The number of Topliss-reactive ketones (excluding diaryl/α,β-unsaturated/α-hetero) is 1. The number of fused-ring (bicyclic) bond motifs is 1. The van der Waals surface area contributed by atoms with Crippen LogP contribution in [0.5, 0.6) is 0 Å². The number of carbonyl (C=O) groups is 2. The summed E-state index contributed by atoms with van der Waals surface area (Å²) in [6, 6.07) is 24.3. The molecule has 0 saturated carbocycles. The van der Waals surface area contributed by atoms with Crippen LogP contribution in [0.15, 0.2) is 85.1 Å². The van der Waals surface area contributed by atoms with Crippen molar-refractivity contribution in [1.29, 1.82) is 0 Å². The van der Waals surface area contributed by atoms with Gasteiger partial charge in [-0.2, -0.15) is 0 Å². The van der Waals surface area contributed by atoms with Crippen molar-refractivity contribution in [2.45, 2.75) is 32.9 Å². The highest BCUT2D eigenvalue weighted by Gasteiger charge is 2.34. The zero-order valence-electron chi connectivity index (χ0n) is 19.9. The van der Waals surface area contributed by atoms with Crippen molar-refractivity contribution in [1.82, 2.24) is 4.98 Å². The third-order valence-corrected chi connectivity index (χ3v) is 6.22. The lowest BCUT2D eigenvalue weighted by atomic mass is 9.77. The van der Waals surface area contributed by atoms with E-state index in [1.807, 2.05) is 72.8 Å². The normalized spacial score (nSPS) is 12.3. The van der Waals surface area contributed by atoms with E-state index < -0.39 is 17.4 Å². The molecule has 0 bridgehead atoms. The minimum Gasteiger partial charge on any atom is -0.480 e. The molecular formula is C29H29N3O3. The number of anilines is 1. The number of nitrogens with one attached hydrogen (secondary N) is 1. The molecule has 0 unspecified atom stereocenters. The van der Waals surface area contributed by atoms with Gasteiger partial charge in [-0.15, -0.1) is 0 Å². The van der Waals surface area contributed by atoms with Crippen LogP contribution in [0.3, 0.4) is 0 Å². The van der Waals surface area contributed by atoms with Gasteiger partial charge >= 0.3 is 5.97 Å². The molecule has 4 N–H and O–H groups in total. The Hall–Kier alpha value is -4.03. The molecule has 4 rings (SSSR count). The number of nitrogens with two attached hydrogens (primary N) is 1. The Balaban J connectivity index is 1.85. The molecular weight excluding hydrogens is 438 g/mol. The average molecular weight is 468 g/mol. The number of nitrogens with zero attached hydrogens (tertiary/aromatic N) is 1. The maximum Gasteiger partial charge on any atom is 0.320 e. The highest BCUT2D eigenvalue weighted by atomic mass is 16.4. The molecule has 0 radical (unpaired) electrons. The number of benzene rings is 3. The van der Waals surface area contributed by atoms with E-state index in [9.17, 15) is 14.7 Å². The van der Waals surface area contributed by atoms with Crippen LogP contribution in [0.1, 0.15) is 36.3 Å². The van der Waals surface area contributed by atoms with Crippen LogP contribution in [0.4, 0.5) is 5.69 Å². The number of aliphatic carboxylic acids is 1. The summed E-state index contributed by atoms with van der Waals surface area (Å²) in [4.78, 5) is 29.7. The molecule has 6 heteroatoms. The van der Waals surface area contributed by atoms with Gasteiger partial charge in [-0.3, -0.25) is 14.6 Å². The Morgan fingerprint density at radius 2 is 1.69 bits per heavy atom. The first-order chi connectivity index (χ1) is 16.8. The Morgan fingerprint density at radius 3 is 2.43 bits per heavy atom. The van der Waals surface area contributed by atoms with E-state index in [0.717, 1.165) is 33.3 Å².